The lowest BCUT2D eigenvalue weighted by atomic mass is 10.1. The Morgan fingerprint density at radius 3 is 1.92 bits per heavy atom. The Balaban J connectivity index is 4.64. The average Bonchev–Trinajstić information content (AvgIpc) is 1.98. The van der Waals surface area contributed by atoms with Gasteiger partial charge in [0.25, 0.3) is 0 Å². The third kappa shape index (κ3) is 2.34. The fourth-order valence-electron chi connectivity index (χ4n) is 0.376. The zero-order chi connectivity index (χ0) is 9.94. The van der Waals surface area contributed by atoms with Crippen molar-refractivity contribution in [2.24, 2.45) is 0 Å². The highest BCUT2D eigenvalue weighted by atomic mass is 19.4. The van der Waals surface area contributed by atoms with E-state index < -0.39 is 23.1 Å². The van der Waals surface area contributed by atoms with Gasteiger partial charge in [-0.1, -0.05) is 13.2 Å². The van der Waals surface area contributed by atoms with Gasteiger partial charge in [-0.25, -0.2) is 0 Å². The number of aldehydes is 1. The third-order valence-electron chi connectivity index (χ3n) is 1.05. The van der Waals surface area contributed by atoms with Crippen LogP contribution in [0.3, 0.4) is 0 Å². The van der Waals surface area contributed by atoms with Gasteiger partial charge in [0.2, 0.25) is 0 Å². The molecule has 0 aromatic heterocycles. The summed E-state index contributed by atoms with van der Waals surface area (Å²) >= 11 is 0. The molecule has 0 heterocycles. The molecule has 0 spiro atoms. The molecule has 0 unspecified atom stereocenters. The highest BCUT2D eigenvalue weighted by Crippen LogP contribution is 2.25. The molecule has 66 valence electrons. The average molecular weight is 178 g/mol. The summed E-state index contributed by atoms with van der Waals surface area (Å²) in [5.74, 6) is -1.47. The van der Waals surface area contributed by atoms with Gasteiger partial charge in [0, 0.05) is 0 Å². The second kappa shape index (κ2) is 3.34. The summed E-state index contributed by atoms with van der Waals surface area (Å²) < 4.78 is 35.2. The first-order valence-corrected chi connectivity index (χ1v) is 2.75. The van der Waals surface area contributed by atoms with E-state index in [0.717, 1.165) is 0 Å². The molecule has 0 aliphatic rings. The molecular formula is C7H5F3O2. The summed E-state index contributed by atoms with van der Waals surface area (Å²) in [7, 11) is 0. The zero-order valence-corrected chi connectivity index (χ0v) is 5.94. The van der Waals surface area contributed by atoms with E-state index in [1.54, 1.807) is 0 Å². The van der Waals surface area contributed by atoms with Crippen molar-refractivity contribution in [1.82, 2.24) is 0 Å². The first-order valence-electron chi connectivity index (χ1n) is 2.75. The molecule has 0 aromatic carbocycles. The number of hydrogen-bond donors (Lipinski definition) is 0. The molecule has 0 amide bonds. The Hall–Kier alpha value is -1.39. The van der Waals surface area contributed by atoms with Crippen LogP contribution in [0.25, 0.3) is 0 Å². The minimum Gasteiger partial charge on any atom is -0.298 e. The van der Waals surface area contributed by atoms with E-state index in [2.05, 4.69) is 13.2 Å². The molecule has 12 heavy (non-hydrogen) atoms. The maximum Gasteiger partial charge on any atom is 0.419 e. The lowest BCUT2D eigenvalue weighted by Gasteiger charge is -2.06. The molecular weight excluding hydrogens is 173 g/mol. The van der Waals surface area contributed by atoms with Gasteiger partial charge >= 0.3 is 6.18 Å². The molecule has 0 saturated heterocycles. The highest BCUT2D eigenvalue weighted by Gasteiger charge is 2.37. The van der Waals surface area contributed by atoms with Crippen LogP contribution in [-0.2, 0) is 9.59 Å². The zero-order valence-electron chi connectivity index (χ0n) is 5.94. The van der Waals surface area contributed by atoms with E-state index in [1.807, 2.05) is 0 Å². The number of carbonyl (C=O) groups excluding carboxylic acids is 2. The summed E-state index contributed by atoms with van der Waals surface area (Å²) in [6.07, 6.45) is -4.84. The lowest BCUT2D eigenvalue weighted by Crippen LogP contribution is -2.20. The van der Waals surface area contributed by atoms with E-state index >= 15 is 0 Å². The van der Waals surface area contributed by atoms with Crippen LogP contribution in [0.2, 0.25) is 0 Å². The summed E-state index contributed by atoms with van der Waals surface area (Å²) in [6.45, 7) is 5.33. The van der Waals surface area contributed by atoms with E-state index in [1.165, 1.54) is 0 Å². The molecule has 0 fully saturated rings. The van der Waals surface area contributed by atoms with Crippen LogP contribution in [0, 0.1) is 0 Å². The summed E-state index contributed by atoms with van der Waals surface area (Å²) in [5, 5.41) is 0. The van der Waals surface area contributed by atoms with Gasteiger partial charge in [0.15, 0.2) is 12.1 Å². The molecule has 2 nitrogen and oxygen atoms in total. The van der Waals surface area contributed by atoms with Crippen LogP contribution in [0.15, 0.2) is 24.3 Å². The van der Waals surface area contributed by atoms with E-state index in [9.17, 15) is 22.8 Å². The van der Waals surface area contributed by atoms with Crippen LogP contribution in [0.5, 0.6) is 0 Å². The number of alkyl halides is 3. The molecule has 0 rings (SSSR count). The van der Waals surface area contributed by atoms with Gasteiger partial charge in [-0.3, -0.25) is 9.59 Å². The molecule has 0 N–H and O–H groups in total. The molecule has 0 aromatic rings. The first kappa shape index (κ1) is 10.6. The van der Waals surface area contributed by atoms with Gasteiger partial charge in [-0.15, -0.1) is 0 Å². The van der Waals surface area contributed by atoms with Gasteiger partial charge in [-0.2, -0.15) is 13.2 Å². The third-order valence-corrected chi connectivity index (χ3v) is 1.05. The molecule has 5 heteroatoms. The Labute approximate surface area is 66.4 Å². The second-order valence-corrected chi connectivity index (χ2v) is 1.95. The van der Waals surface area contributed by atoms with Gasteiger partial charge < -0.3 is 0 Å². The molecule has 0 radical (unpaired) electrons. The van der Waals surface area contributed by atoms with Crippen molar-refractivity contribution in [3.63, 3.8) is 0 Å². The van der Waals surface area contributed by atoms with Crippen molar-refractivity contribution in [2.45, 2.75) is 6.18 Å². The Morgan fingerprint density at radius 1 is 1.25 bits per heavy atom. The van der Waals surface area contributed by atoms with Crippen molar-refractivity contribution >= 4 is 12.1 Å². The van der Waals surface area contributed by atoms with Gasteiger partial charge in [0.05, 0.1) is 11.1 Å². The van der Waals surface area contributed by atoms with Crippen LogP contribution >= 0.6 is 0 Å². The lowest BCUT2D eigenvalue weighted by molar-refractivity contribution is -0.126. The highest BCUT2D eigenvalue weighted by molar-refractivity contribution is 6.19. The number of allylic oxidation sites excluding steroid dienone is 2. The fourth-order valence-corrected chi connectivity index (χ4v) is 0.376. The van der Waals surface area contributed by atoms with E-state index in [0.29, 0.717) is 0 Å². The minimum absolute atomic E-state index is 0.0424. The van der Waals surface area contributed by atoms with Crippen molar-refractivity contribution in [1.29, 1.82) is 0 Å². The summed E-state index contributed by atoms with van der Waals surface area (Å²) in [4.78, 5) is 20.4. The Kier molecular flexibility index (Phi) is 2.95. The maximum absolute atomic E-state index is 11.7. The number of carbonyl (C=O) groups is 2. The monoisotopic (exact) mass is 178 g/mol. The molecule has 0 aliphatic heterocycles. The summed E-state index contributed by atoms with van der Waals surface area (Å²) in [5.41, 5.74) is -2.34. The topological polar surface area (TPSA) is 34.1 Å². The Morgan fingerprint density at radius 2 is 1.67 bits per heavy atom. The fraction of sp³-hybridized carbons (Fsp3) is 0.143. The molecule has 0 bridgehead atoms. The molecule has 0 aliphatic carbocycles. The van der Waals surface area contributed by atoms with Crippen LogP contribution in [-0.4, -0.2) is 18.2 Å². The number of halogens is 3. The van der Waals surface area contributed by atoms with Crippen LogP contribution < -0.4 is 0 Å². The molecule has 0 atom stereocenters. The SMILES string of the molecule is C=C(C=O)C(=O)C(=C)C(F)(F)F. The number of Topliss-reactive ketones (excluding diaryl/α,β-unsaturated/α-hetero) is 1. The van der Waals surface area contributed by atoms with Crippen molar-refractivity contribution in [2.75, 3.05) is 0 Å². The smallest absolute Gasteiger partial charge is 0.298 e. The Bertz CT molecular complexity index is 250. The van der Waals surface area contributed by atoms with Gasteiger partial charge in [0.1, 0.15) is 0 Å². The van der Waals surface area contributed by atoms with E-state index in [-0.39, 0.29) is 6.29 Å². The van der Waals surface area contributed by atoms with Crippen molar-refractivity contribution < 1.29 is 22.8 Å². The van der Waals surface area contributed by atoms with Crippen molar-refractivity contribution in [3.05, 3.63) is 24.3 Å². The van der Waals surface area contributed by atoms with Crippen LogP contribution in [0.1, 0.15) is 0 Å². The second-order valence-electron chi connectivity index (χ2n) is 1.95. The van der Waals surface area contributed by atoms with Crippen molar-refractivity contribution in [3.8, 4) is 0 Å². The normalized spacial score (nSPS) is 10.6. The van der Waals surface area contributed by atoms with Gasteiger partial charge in [-0.05, 0) is 0 Å². The minimum atomic E-state index is -4.80. The first-order chi connectivity index (χ1) is 5.30. The number of ketones is 1. The predicted octanol–water partition coefficient (Wildman–Crippen LogP) is 1.43. The largest absolute Gasteiger partial charge is 0.419 e. The molecule has 0 saturated carbocycles. The number of rotatable bonds is 3. The number of hydrogen-bond acceptors (Lipinski definition) is 2. The maximum atomic E-state index is 11.7. The van der Waals surface area contributed by atoms with Crippen LogP contribution in [0.4, 0.5) is 13.2 Å². The van der Waals surface area contributed by atoms with E-state index in [4.69, 9.17) is 0 Å². The standard InChI is InChI=1S/C7H5F3O2/c1-4(3-11)6(12)5(2)7(8,9)10/h3H,1-2H2. The quantitative estimate of drug-likeness (QED) is 0.283. The summed E-state index contributed by atoms with van der Waals surface area (Å²) in [6, 6.07) is 0. The predicted molar refractivity (Wildman–Crippen MR) is 35.4 cm³/mol.